The van der Waals surface area contributed by atoms with Gasteiger partial charge in [-0.25, -0.2) is 9.37 Å². The van der Waals surface area contributed by atoms with Crippen LogP contribution < -0.4 is 16.4 Å². The SMILES string of the molecule is CC1(C)CC(NC(=O)c2ncn(-c3ccc(NC(=O)c4ccc(F)cc4Cl)cc3)c2C(N)=O)CCO1. The molecule has 0 bridgehead atoms. The molecule has 9 nitrogen and oxygen atoms in total. The Morgan fingerprint density at radius 3 is 2.53 bits per heavy atom. The van der Waals surface area contributed by atoms with Crippen LogP contribution in [0.1, 0.15) is 58.0 Å². The van der Waals surface area contributed by atoms with Gasteiger partial charge in [-0.3, -0.25) is 19.0 Å². The molecular formula is C25H25ClFN5O4. The quantitative estimate of drug-likeness (QED) is 0.463. The van der Waals surface area contributed by atoms with Crippen molar-refractivity contribution in [2.75, 3.05) is 11.9 Å². The number of primary amides is 1. The summed E-state index contributed by atoms with van der Waals surface area (Å²) in [4.78, 5) is 41.8. The van der Waals surface area contributed by atoms with Crippen molar-refractivity contribution in [2.24, 2.45) is 5.73 Å². The molecular weight excluding hydrogens is 489 g/mol. The number of nitrogens with zero attached hydrogens (tertiary/aromatic N) is 2. The third kappa shape index (κ3) is 5.55. The lowest BCUT2D eigenvalue weighted by Crippen LogP contribution is -2.46. The summed E-state index contributed by atoms with van der Waals surface area (Å²) in [5.41, 5.74) is 6.16. The first-order chi connectivity index (χ1) is 17.0. The fourth-order valence-corrected chi connectivity index (χ4v) is 4.39. The number of aromatic nitrogens is 2. The number of benzene rings is 2. The molecule has 188 valence electrons. The van der Waals surface area contributed by atoms with Crippen molar-refractivity contribution >= 4 is 35.0 Å². The zero-order valence-electron chi connectivity index (χ0n) is 19.7. The first-order valence-electron chi connectivity index (χ1n) is 11.2. The fourth-order valence-electron chi connectivity index (χ4n) is 4.13. The van der Waals surface area contributed by atoms with Crippen molar-refractivity contribution in [2.45, 2.75) is 38.3 Å². The molecule has 0 spiro atoms. The van der Waals surface area contributed by atoms with Gasteiger partial charge in [0.25, 0.3) is 17.7 Å². The second kappa shape index (κ2) is 10.1. The van der Waals surface area contributed by atoms with E-state index in [0.717, 1.165) is 12.1 Å². The predicted molar refractivity (Wildman–Crippen MR) is 132 cm³/mol. The lowest BCUT2D eigenvalue weighted by atomic mass is 9.94. The summed E-state index contributed by atoms with van der Waals surface area (Å²) in [7, 11) is 0. The number of imidazole rings is 1. The summed E-state index contributed by atoms with van der Waals surface area (Å²) >= 11 is 5.95. The van der Waals surface area contributed by atoms with Gasteiger partial charge in [0.1, 0.15) is 17.8 Å². The number of nitrogens with one attached hydrogen (secondary N) is 2. The Hall–Kier alpha value is -3.76. The highest BCUT2D eigenvalue weighted by Crippen LogP contribution is 2.25. The Morgan fingerprint density at radius 2 is 1.89 bits per heavy atom. The normalized spacial score (nSPS) is 16.8. The highest BCUT2D eigenvalue weighted by molar-refractivity contribution is 6.34. The van der Waals surface area contributed by atoms with Gasteiger partial charge in [0.15, 0.2) is 5.69 Å². The minimum Gasteiger partial charge on any atom is -0.375 e. The van der Waals surface area contributed by atoms with Crippen LogP contribution in [-0.2, 0) is 4.74 Å². The van der Waals surface area contributed by atoms with Crippen LogP contribution in [0.2, 0.25) is 5.02 Å². The minimum atomic E-state index is -0.812. The van der Waals surface area contributed by atoms with E-state index in [1.165, 1.54) is 17.0 Å². The number of carbonyl (C=O) groups is 3. The average molecular weight is 514 g/mol. The first kappa shape index (κ1) is 25.3. The van der Waals surface area contributed by atoms with Crippen LogP contribution in [0.25, 0.3) is 5.69 Å². The van der Waals surface area contributed by atoms with Gasteiger partial charge in [0.05, 0.1) is 16.2 Å². The molecule has 0 aliphatic carbocycles. The van der Waals surface area contributed by atoms with Crippen LogP contribution in [0.15, 0.2) is 48.8 Å². The van der Waals surface area contributed by atoms with Gasteiger partial charge in [-0.05, 0) is 69.2 Å². The van der Waals surface area contributed by atoms with Gasteiger partial charge in [-0.15, -0.1) is 0 Å². The molecule has 4 rings (SSSR count). The van der Waals surface area contributed by atoms with Crippen LogP contribution in [-0.4, -0.2) is 45.5 Å². The van der Waals surface area contributed by atoms with E-state index < -0.39 is 23.5 Å². The molecule has 1 fully saturated rings. The van der Waals surface area contributed by atoms with E-state index in [2.05, 4.69) is 15.6 Å². The largest absolute Gasteiger partial charge is 0.375 e. The van der Waals surface area contributed by atoms with Gasteiger partial charge >= 0.3 is 0 Å². The molecule has 11 heteroatoms. The van der Waals surface area contributed by atoms with Crippen molar-refractivity contribution in [3.05, 3.63) is 76.6 Å². The third-order valence-electron chi connectivity index (χ3n) is 5.83. The van der Waals surface area contributed by atoms with Crippen molar-refractivity contribution < 1.29 is 23.5 Å². The molecule has 1 aromatic heterocycles. The zero-order chi connectivity index (χ0) is 26.0. The lowest BCUT2D eigenvalue weighted by molar-refractivity contribution is -0.0615. The second-order valence-corrected chi connectivity index (χ2v) is 9.48. The number of amides is 3. The van der Waals surface area contributed by atoms with E-state index in [1.807, 2.05) is 13.8 Å². The van der Waals surface area contributed by atoms with E-state index >= 15 is 0 Å². The van der Waals surface area contributed by atoms with Gasteiger partial charge in [-0.2, -0.15) is 0 Å². The summed E-state index contributed by atoms with van der Waals surface area (Å²) in [5.74, 6) is -2.36. The number of nitrogens with two attached hydrogens (primary N) is 1. The monoisotopic (exact) mass is 513 g/mol. The van der Waals surface area contributed by atoms with Crippen molar-refractivity contribution in [3.8, 4) is 5.69 Å². The fraction of sp³-hybridized carbons (Fsp3) is 0.280. The number of ether oxygens (including phenoxy) is 1. The standard InChI is InChI=1S/C25H25ClFN5O4/c1-25(2)12-16(9-10-36-25)31-24(35)20-21(22(28)33)32(13-29-20)17-6-4-15(5-7-17)30-23(34)18-8-3-14(27)11-19(18)26/h3-8,11,13,16H,9-10,12H2,1-2H3,(H2,28,33)(H,30,34)(H,31,35). The maximum absolute atomic E-state index is 13.2. The van der Waals surface area contributed by atoms with E-state index in [-0.39, 0.29) is 33.6 Å². The molecule has 1 aliphatic rings. The maximum Gasteiger partial charge on any atom is 0.272 e. The Morgan fingerprint density at radius 1 is 1.17 bits per heavy atom. The molecule has 3 amide bonds. The van der Waals surface area contributed by atoms with Crippen molar-refractivity contribution in [3.63, 3.8) is 0 Å². The molecule has 0 saturated carbocycles. The summed E-state index contributed by atoms with van der Waals surface area (Å²) < 4.78 is 20.3. The van der Waals surface area contributed by atoms with Crippen LogP contribution in [0.3, 0.4) is 0 Å². The topological polar surface area (TPSA) is 128 Å². The smallest absolute Gasteiger partial charge is 0.272 e. The lowest BCUT2D eigenvalue weighted by Gasteiger charge is -2.35. The van der Waals surface area contributed by atoms with Gasteiger partial charge in [0.2, 0.25) is 0 Å². The van der Waals surface area contributed by atoms with E-state index in [4.69, 9.17) is 22.1 Å². The molecule has 1 unspecified atom stereocenters. The molecule has 1 saturated heterocycles. The average Bonchev–Trinajstić information content (AvgIpc) is 3.24. The molecule has 1 atom stereocenters. The first-order valence-corrected chi connectivity index (χ1v) is 11.6. The molecule has 2 heterocycles. The van der Waals surface area contributed by atoms with Crippen molar-refractivity contribution in [1.82, 2.24) is 14.9 Å². The zero-order valence-corrected chi connectivity index (χ0v) is 20.4. The second-order valence-electron chi connectivity index (χ2n) is 9.07. The van der Waals surface area contributed by atoms with Gasteiger partial charge in [0, 0.05) is 24.0 Å². The number of hydrogen-bond donors (Lipinski definition) is 3. The molecule has 4 N–H and O–H groups in total. The van der Waals surface area contributed by atoms with Gasteiger partial charge in [-0.1, -0.05) is 11.6 Å². The van der Waals surface area contributed by atoms with E-state index in [0.29, 0.717) is 30.8 Å². The predicted octanol–water partition coefficient (Wildman–Crippen LogP) is 3.70. The molecule has 3 aromatic rings. The minimum absolute atomic E-state index is 0.0104. The number of hydrogen-bond acceptors (Lipinski definition) is 5. The summed E-state index contributed by atoms with van der Waals surface area (Å²) in [6.45, 7) is 4.43. The molecule has 0 radical (unpaired) electrons. The number of rotatable bonds is 6. The summed E-state index contributed by atoms with van der Waals surface area (Å²) in [5, 5.41) is 5.58. The molecule has 2 aromatic carbocycles. The van der Waals surface area contributed by atoms with Crippen LogP contribution >= 0.6 is 11.6 Å². The highest BCUT2D eigenvalue weighted by Gasteiger charge is 2.31. The maximum atomic E-state index is 13.2. The van der Waals surface area contributed by atoms with Crippen LogP contribution in [0, 0.1) is 5.82 Å². The summed E-state index contributed by atoms with van der Waals surface area (Å²) in [6, 6.07) is 9.81. The van der Waals surface area contributed by atoms with Crippen molar-refractivity contribution in [1.29, 1.82) is 0 Å². The summed E-state index contributed by atoms with van der Waals surface area (Å²) in [6.07, 6.45) is 2.62. The molecule has 1 aliphatic heterocycles. The van der Waals surface area contributed by atoms with Crippen LogP contribution in [0.4, 0.5) is 10.1 Å². The van der Waals surface area contributed by atoms with Crippen LogP contribution in [0.5, 0.6) is 0 Å². The Balaban J connectivity index is 1.52. The number of halogens is 2. The van der Waals surface area contributed by atoms with E-state index in [9.17, 15) is 18.8 Å². The highest BCUT2D eigenvalue weighted by atomic mass is 35.5. The Bertz CT molecular complexity index is 1320. The Kier molecular flexibility index (Phi) is 7.09. The molecule has 36 heavy (non-hydrogen) atoms. The van der Waals surface area contributed by atoms with E-state index in [1.54, 1.807) is 24.3 Å². The Labute approximate surface area is 211 Å². The third-order valence-corrected chi connectivity index (χ3v) is 6.14. The number of carbonyl (C=O) groups excluding carboxylic acids is 3. The number of anilines is 1. The van der Waals surface area contributed by atoms with Gasteiger partial charge < -0.3 is 21.1 Å².